The molecule has 1 aromatic carbocycles. The summed E-state index contributed by atoms with van der Waals surface area (Å²) in [4.78, 5) is 2.19. The Balaban J connectivity index is 2.75. The van der Waals surface area contributed by atoms with Gasteiger partial charge in [-0.25, -0.2) is 0 Å². The van der Waals surface area contributed by atoms with Crippen LogP contribution in [-0.4, -0.2) is 47.8 Å². The second-order valence-electron chi connectivity index (χ2n) is 5.42. The molecule has 108 valence electrons. The van der Waals surface area contributed by atoms with Crippen LogP contribution in [0.1, 0.15) is 19.4 Å². The predicted molar refractivity (Wildman–Crippen MR) is 79.5 cm³/mol. The minimum atomic E-state index is -0.504. The van der Waals surface area contributed by atoms with Gasteiger partial charge in [0.25, 0.3) is 0 Å². The zero-order valence-electron chi connectivity index (χ0n) is 12.0. The Bertz CT molecular complexity index is 356. The quantitative estimate of drug-likeness (QED) is 0.745. The van der Waals surface area contributed by atoms with Crippen LogP contribution < -0.4 is 0 Å². The summed E-state index contributed by atoms with van der Waals surface area (Å²) in [5.74, 6) is 0.513. The van der Waals surface area contributed by atoms with Crippen LogP contribution in [0.15, 0.2) is 30.3 Å². The van der Waals surface area contributed by atoms with Crippen molar-refractivity contribution in [2.24, 2.45) is 0 Å². The number of alkyl halides is 1. The highest BCUT2D eigenvalue weighted by Crippen LogP contribution is 2.20. The highest BCUT2D eigenvalue weighted by molar-refractivity contribution is 6.18. The van der Waals surface area contributed by atoms with Crippen molar-refractivity contribution >= 4 is 11.6 Å². The van der Waals surface area contributed by atoms with Crippen LogP contribution in [0.25, 0.3) is 0 Å². The molecule has 0 fully saturated rings. The summed E-state index contributed by atoms with van der Waals surface area (Å²) in [6.45, 7) is 5.82. The number of nitrogens with zero attached hydrogens (tertiary/aromatic N) is 1. The Labute approximate surface area is 121 Å². The Kier molecular flexibility index (Phi) is 6.80. The lowest BCUT2D eigenvalue weighted by molar-refractivity contribution is 0.0102. The molecule has 0 radical (unpaired) electrons. The number of hydrogen-bond donors (Lipinski definition) is 1. The molecule has 4 heteroatoms. The van der Waals surface area contributed by atoms with E-state index >= 15 is 0 Å². The third-order valence-electron chi connectivity index (χ3n) is 3.19. The van der Waals surface area contributed by atoms with Gasteiger partial charge in [-0.3, -0.25) is 4.90 Å². The maximum Gasteiger partial charge on any atom is 0.0900 e. The van der Waals surface area contributed by atoms with E-state index in [4.69, 9.17) is 16.3 Å². The number of rotatable bonds is 8. The fourth-order valence-corrected chi connectivity index (χ4v) is 2.08. The Morgan fingerprint density at radius 1 is 1.32 bits per heavy atom. The molecule has 1 atom stereocenters. The van der Waals surface area contributed by atoms with Gasteiger partial charge >= 0.3 is 0 Å². The van der Waals surface area contributed by atoms with Gasteiger partial charge in [-0.1, -0.05) is 30.3 Å². The zero-order chi connectivity index (χ0) is 14.3. The molecule has 1 rings (SSSR count). The second-order valence-corrected chi connectivity index (χ2v) is 5.69. The van der Waals surface area contributed by atoms with Crippen LogP contribution >= 0.6 is 11.6 Å². The first-order valence-electron chi connectivity index (χ1n) is 6.51. The maximum atomic E-state index is 9.95. The van der Waals surface area contributed by atoms with Gasteiger partial charge in [-0.05, 0) is 19.4 Å². The van der Waals surface area contributed by atoms with Gasteiger partial charge in [0.15, 0.2) is 0 Å². The van der Waals surface area contributed by atoms with Crippen molar-refractivity contribution in [3.8, 4) is 0 Å². The van der Waals surface area contributed by atoms with Crippen LogP contribution in [-0.2, 0) is 11.3 Å². The monoisotopic (exact) mass is 285 g/mol. The number of benzene rings is 1. The van der Waals surface area contributed by atoms with Crippen molar-refractivity contribution in [1.29, 1.82) is 0 Å². The van der Waals surface area contributed by atoms with Crippen LogP contribution in [0.5, 0.6) is 0 Å². The van der Waals surface area contributed by atoms with Gasteiger partial charge in [0.05, 0.1) is 12.7 Å². The fraction of sp³-hybridized carbons (Fsp3) is 0.600. The van der Waals surface area contributed by atoms with Crippen LogP contribution in [0.2, 0.25) is 0 Å². The topological polar surface area (TPSA) is 32.7 Å². The normalized spacial score (nSPS) is 13.8. The molecular formula is C15H24ClNO2. The summed E-state index contributed by atoms with van der Waals surface area (Å²) >= 11 is 6.06. The van der Waals surface area contributed by atoms with Crippen molar-refractivity contribution in [2.45, 2.75) is 32.0 Å². The van der Waals surface area contributed by atoms with E-state index in [9.17, 15) is 5.11 Å². The fourth-order valence-electron chi connectivity index (χ4n) is 1.91. The smallest absolute Gasteiger partial charge is 0.0900 e. The molecule has 0 aromatic heterocycles. The van der Waals surface area contributed by atoms with Gasteiger partial charge in [-0.2, -0.15) is 0 Å². The highest BCUT2D eigenvalue weighted by Gasteiger charge is 2.27. The molecule has 0 spiro atoms. The lowest BCUT2D eigenvalue weighted by atomic mass is 10.0. The van der Waals surface area contributed by atoms with Crippen molar-refractivity contribution in [2.75, 3.05) is 26.1 Å². The number of aliphatic hydroxyl groups excluding tert-OH is 1. The average Bonchev–Trinajstić information content (AvgIpc) is 2.39. The molecule has 0 aliphatic carbocycles. The first-order chi connectivity index (χ1) is 8.99. The minimum absolute atomic E-state index is 0.174. The average molecular weight is 286 g/mol. The molecular weight excluding hydrogens is 262 g/mol. The zero-order valence-corrected chi connectivity index (χ0v) is 12.7. The summed E-state index contributed by atoms with van der Waals surface area (Å²) in [5, 5.41) is 9.95. The lowest BCUT2D eigenvalue weighted by Crippen LogP contribution is -2.49. The van der Waals surface area contributed by atoms with Crippen LogP contribution in [0.3, 0.4) is 0 Å². The van der Waals surface area contributed by atoms with E-state index in [-0.39, 0.29) is 5.54 Å². The summed E-state index contributed by atoms with van der Waals surface area (Å²) < 4.78 is 4.99. The number of halogens is 1. The number of hydrogen-bond acceptors (Lipinski definition) is 3. The van der Waals surface area contributed by atoms with E-state index in [1.165, 1.54) is 5.56 Å². The van der Waals surface area contributed by atoms with Gasteiger partial charge in [0, 0.05) is 31.6 Å². The third kappa shape index (κ3) is 5.49. The molecule has 0 aliphatic rings. The molecule has 0 unspecified atom stereocenters. The molecule has 0 bridgehead atoms. The number of aliphatic hydroxyl groups is 1. The predicted octanol–water partition coefficient (Wildman–Crippen LogP) is 2.51. The number of β-amino-alcohol motifs (C(OH)–C–C–N with tert-alkyl or cyclic N) is 1. The number of ether oxygens (including phenoxy) is 1. The molecule has 0 amide bonds. The molecule has 1 N–H and O–H groups in total. The van der Waals surface area contributed by atoms with Crippen LogP contribution in [0, 0.1) is 0 Å². The molecule has 0 saturated heterocycles. The van der Waals surface area contributed by atoms with Crippen molar-refractivity contribution < 1.29 is 9.84 Å². The van der Waals surface area contributed by atoms with E-state index in [1.807, 2.05) is 18.2 Å². The summed E-state index contributed by atoms with van der Waals surface area (Å²) in [6, 6.07) is 10.2. The number of methoxy groups -OCH3 is 1. The minimum Gasteiger partial charge on any atom is -0.389 e. The first kappa shape index (κ1) is 16.4. The van der Waals surface area contributed by atoms with E-state index in [0.717, 1.165) is 6.54 Å². The van der Waals surface area contributed by atoms with E-state index in [1.54, 1.807) is 7.11 Å². The van der Waals surface area contributed by atoms with Crippen LogP contribution in [0.4, 0.5) is 0 Å². The van der Waals surface area contributed by atoms with E-state index in [2.05, 4.69) is 30.9 Å². The largest absolute Gasteiger partial charge is 0.389 e. The maximum absolute atomic E-state index is 9.95. The standard InChI is InChI=1S/C15H24ClNO2/c1-15(2,12-16)17(10-14(18)11-19-3)9-13-7-5-4-6-8-13/h4-8,14,18H,9-12H2,1-3H3/t14-/m0/s1. The van der Waals surface area contributed by atoms with Gasteiger partial charge in [0.2, 0.25) is 0 Å². The molecule has 1 aromatic rings. The van der Waals surface area contributed by atoms with E-state index < -0.39 is 6.10 Å². The summed E-state index contributed by atoms with van der Waals surface area (Å²) in [6.07, 6.45) is -0.504. The van der Waals surface area contributed by atoms with Gasteiger partial charge in [-0.15, -0.1) is 11.6 Å². The van der Waals surface area contributed by atoms with Crippen molar-refractivity contribution in [1.82, 2.24) is 4.90 Å². The molecule has 0 heterocycles. The SMILES string of the molecule is COC[C@@H](O)CN(Cc1ccccc1)C(C)(C)CCl. The Hall–Kier alpha value is -0.610. The Morgan fingerprint density at radius 3 is 2.47 bits per heavy atom. The van der Waals surface area contributed by atoms with Crippen molar-refractivity contribution in [3.05, 3.63) is 35.9 Å². The van der Waals surface area contributed by atoms with Gasteiger partial charge in [0.1, 0.15) is 0 Å². The summed E-state index contributed by atoms with van der Waals surface area (Å²) in [5.41, 5.74) is 1.04. The molecule has 19 heavy (non-hydrogen) atoms. The molecule has 0 aliphatic heterocycles. The highest BCUT2D eigenvalue weighted by atomic mass is 35.5. The second kappa shape index (κ2) is 7.85. The third-order valence-corrected chi connectivity index (χ3v) is 3.84. The van der Waals surface area contributed by atoms with Gasteiger partial charge < -0.3 is 9.84 Å². The van der Waals surface area contributed by atoms with Crippen molar-refractivity contribution in [3.63, 3.8) is 0 Å². The Morgan fingerprint density at radius 2 is 1.95 bits per heavy atom. The first-order valence-corrected chi connectivity index (χ1v) is 7.05. The molecule has 0 saturated carbocycles. The summed E-state index contributed by atoms with van der Waals surface area (Å²) in [7, 11) is 1.59. The van der Waals surface area contributed by atoms with E-state index in [0.29, 0.717) is 19.0 Å². The lowest BCUT2D eigenvalue weighted by Gasteiger charge is -2.38. The molecule has 3 nitrogen and oxygen atoms in total.